The summed E-state index contributed by atoms with van der Waals surface area (Å²) in [5.74, 6) is -0.0153. The smallest absolute Gasteiger partial charge is 0.272 e. The third-order valence-corrected chi connectivity index (χ3v) is 4.56. The van der Waals surface area contributed by atoms with Crippen LogP contribution in [-0.4, -0.2) is 32.6 Å². The van der Waals surface area contributed by atoms with Gasteiger partial charge in [0.2, 0.25) is 0 Å². The molecule has 2 heterocycles. The molecular formula is C19H24N4O. The van der Waals surface area contributed by atoms with Crippen LogP contribution in [0, 0.1) is 0 Å². The Morgan fingerprint density at radius 3 is 2.79 bits per heavy atom. The molecule has 0 radical (unpaired) electrons. The molecule has 0 aliphatic rings. The summed E-state index contributed by atoms with van der Waals surface area (Å²) >= 11 is 0. The molecule has 0 saturated heterocycles. The molecule has 0 aliphatic heterocycles. The van der Waals surface area contributed by atoms with Crippen molar-refractivity contribution in [3.05, 3.63) is 53.5 Å². The van der Waals surface area contributed by atoms with Crippen molar-refractivity contribution in [3.8, 4) is 0 Å². The number of para-hydroxylation sites is 1. The average Bonchev–Trinajstić information content (AvgIpc) is 3.16. The van der Waals surface area contributed by atoms with E-state index in [1.807, 2.05) is 45.3 Å². The molecule has 2 aromatic heterocycles. The average molecular weight is 324 g/mol. The molecule has 0 fully saturated rings. The van der Waals surface area contributed by atoms with Crippen LogP contribution in [0.5, 0.6) is 0 Å². The van der Waals surface area contributed by atoms with Crippen molar-refractivity contribution in [2.45, 2.75) is 32.7 Å². The van der Waals surface area contributed by atoms with Gasteiger partial charge in [-0.1, -0.05) is 31.5 Å². The molecule has 0 spiro atoms. The first-order valence-electron chi connectivity index (χ1n) is 8.39. The maximum absolute atomic E-state index is 12.9. The first kappa shape index (κ1) is 16.3. The second-order valence-electron chi connectivity index (χ2n) is 6.30. The number of hydrogen-bond acceptors (Lipinski definition) is 2. The molecule has 126 valence electrons. The Labute approximate surface area is 142 Å². The van der Waals surface area contributed by atoms with Crippen LogP contribution in [0.4, 0.5) is 0 Å². The number of aryl methyl sites for hydroxylation is 2. The van der Waals surface area contributed by atoms with Crippen molar-refractivity contribution in [2.24, 2.45) is 7.05 Å². The number of nitrogens with zero attached hydrogens (tertiary/aromatic N) is 3. The molecule has 1 N–H and O–H groups in total. The number of carbonyl (C=O) groups excluding carboxylic acids is 1. The van der Waals surface area contributed by atoms with Crippen molar-refractivity contribution < 1.29 is 4.79 Å². The van der Waals surface area contributed by atoms with E-state index in [1.54, 1.807) is 9.58 Å². The van der Waals surface area contributed by atoms with Crippen molar-refractivity contribution in [1.82, 2.24) is 19.7 Å². The van der Waals surface area contributed by atoms with Crippen LogP contribution in [0.1, 0.15) is 48.2 Å². The van der Waals surface area contributed by atoms with Gasteiger partial charge in [-0.25, -0.2) is 0 Å². The van der Waals surface area contributed by atoms with Gasteiger partial charge in [-0.2, -0.15) is 5.10 Å². The maximum Gasteiger partial charge on any atom is 0.272 e. The van der Waals surface area contributed by atoms with Gasteiger partial charge in [0.15, 0.2) is 0 Å². The fourth-order valence-corrected chi connectivity index (χ4v) is 2.99. The van der Waals surface area contributed by atoms with Gasteiger partial charge in [0.25, 0.3) is 5.91 Å². The molecule has 1 aromatic carbocycles. The Kier molecular flexibility index (Phi) is 4.42. The molecule has 5 nitrogen and oxygen atoms in total. The number of aromatic nitrogens is 3. The van der Waals surface area contributed by atoms with Gasteiger partial charge in [0.1, 0.15) is 5.69 Å². The quantitative estimate of drug-likeness (QED) is 0.778. The first-order valence-corrected chi connectivity index (χ1v) is 8.39. The lowest BCUT2D eigenvalue weighted by Gasteiger charge is -2.24. The van der Waals surface area contributed by atoms with Gasteiger partial charge in [-0.3, -0.25) is 9.48 Å². The van der Waals surface area contributed by atoms with Crippen LogP contribution in [0.15, 0.2) is 36.4 Å². The van der Waals surface area contributed by atoms with E-state index in [2.05, 4.69) is 29.1 Å². The minimum Gasteiger partial charge on any atom is -0.357 e. The number of rotatable bonds is 5. The van der Waals surface area contributed by atoms with Gasteiger partial charge < -0.3 is 9.88 Å². The van der Waals surface area contributed by atoms with Gasteiger partial charge in [0, 0.05) is 25.3 Å². The van der Waals surface area contributed by atoms with E-state index in [-0.39, 0.29) is 11.9 Å². The van der Waals surface area contributed by atoms with E-state index in [4.69, 9.17) is 0 Å². The minimum atomic E-state index is -0.0468. The van der Waals surface area contributed by atoms with Gasteiger partial charge in [-0.05, 0) is 36.9 Å². The predicted molar refractivity (Wildman–Crippen MR) is 96.0 cm³/mol. The summed E-state index contributed by atoms with van der Waals surface area (Å²) in [7, 11) is 3.67. The summed E-state index contributed by atoms with van der Waals surface area (Å²) in [6.07, 6.45) is 1.91. The van der Waals surface area contributed by atoms with E-state index < -0.39 is 0 Å². The normalized spacial score (nSPS) is 12.5. The predicted octanol–water partition coefficient (Wildman–Crippen LogP) is 3.69. The lowest BCUT2D eigenvalue weighted by molar-refractivity contribution is 0.0729. The fraction of sp³-hybridized carbons (Fsp3) is 0.368. The highest BCUT2D eigenvalue weighted by atomic mass is 16.2. The Bertz CT molecular complexity index is 828. The Morgan fingerprint density at radius 2 is 2.08 bits per heavy atom. The van der Waals surface area contributed by atoms with E-state index in [0.29, 0.717) is 5.69 Å². The lowest BCUT2D eigenvalue weighted by atomic mass is 10.1. The number of hydrogen-bond donors (Lipinski definition) is 1. The molecule has 0 bridgehead atoms. The lowest BCUT2D eigenvalue weighted by Crippen LogP contribution is -2.31. The van der Waals surface area contributed by atoms with Crippen molar-refractivity contribution in [2.75, 3.05) is 7.05 Å². The van der Waals surface area contributed by atoms with E-state index >= 15 is 0 Å². The highest BCUT2D eigenvalue weighted by Crippen LogP contribution is 2.24. The Balaban J connectivity index is 1.84. The van der Waals surface area contributed by atoms with Crippen LogP contribution in [0.25, 0.3) is 10.9 Å². The minimum absolute atomic E-state index is 0.0153. The van der Waals surface area contributed by atoms with Gasteiger partial charge >= 0.3 is 0 Å². The Hall–Kier alpha value is -2.56. The van der Waals surface area contributed by atoms with Gasteiger partial charge in [-0.15, -0.1) is 0 Å². The number of benzene rings is 1. The molecule has 1 atom stereocenters. The SMILES string of the molecule is CCCc1cc(C(=O)N(C)C(C)c2cc3ccccc3[nH]2)n(C)n1. The zero-order chi connectivity index (χ0) is 17.3. The van der Waals surface area contributed by atoms with Crippen molar-refractivity contribution >= 4 is 16.8 Å². The molecule has 3 aromatic rings. The second kappa shape index (κ2) is 6.51. The van der Waals surface area contributed by atoms with Crippen LogP contribution in [-0.2, 0) is 13.5 Å². The van der Waals surface area contributed by atoms with Crippen LogP contribution in [0.3, 0.4) is 0 Å². The molecule has 1 unspecified atom stereocenters. The van der Waals surface area contributed by atoms with E-state index in [0.717, 1.165) is 35.1 Å². The van der Waals surface area contributed by atoms with Crippen molar-refractivity contribution in [3.63, 3.8) is 0 Å². The summed E-state index contributed by atoms with van der Waals surface area (Å²) in [4.78, 5) is 18.0. The number of H-pyrrole nitrogens is 1. The topological polar surface area (TPSA) is 53.9 Å². The van der Waals surface area contributed by atoms with Crippen molar-refractivity contribution in [1.29, 1.82) is 0 Å². The summed E-state index contributed by atoms with van der Waals surface area (Å²) < 4.78 is 1.68. The Morgan fingerprint density at radius 1 is 1.33 bits per heavy atom. The van der Waals surface area contributed by atoms with Crippen LogP contribution < -0.4 is 0 Å². The zero-order valence-corrected chi connectivity index (χ0v) is 14.7. The molecule has 0 aliphatic carbocycles. The van der Waals surface area contributed by atoms with Gasteiger partial charge in [0.05, 0.1) is 11.7 Å². The number of amides is 1. The molecule has 5 heteroatoms. The van der Waals surface area contributed by atoms with Crippen LogP contribution in [0.2, 0.25) is 0 Å². The summed E-state index contributed by atoms with van der Waals surface area (Å²) in [5, 5.41) is 5.59. The summed E-state index contributed by atoms with van der Waals surface area (Å²) in [6, 6.07) is 12.1. The zero-order valence-electron chi connectivity index (χ0n) is 14.7. The van der Waals surface area contributed by atoms with Crippen LogP contribution >= 0.6 is 0 Å². The molecule has 3 rings (SSSR count). The maximum atomic E-state index is 12.9. The fourth-order valence-electron chi connectivity index (χ4n) is 2.99. The summed E-state index contributed by atoms with van der Waals surface area (Å²) in [5.41, 5.74) is 3.72. The number of fused-ring (bicyclic) bond motifs is 1. The highest BCUT2D eigenvalue weighted by Gasteiger charge is 2.23. The second-order valence-corrected chi connectivity index (χ2v) is 6.30. The standard InChI is InChI=1S/C19H24N4O/c1-5-8-15-12-18(23(4)21-15)19(24)22(3)13(2)17-11-14-9-6-7-10-16(14)20-17/h6-7,9-13,20H,5,8H2,1-4H3. The number of carbonyl (C=O) groups is 1. The number of nitrogens with one attached hydrogen (secondary N) is 1. The monoisotopic (exact) mass is 324 g/mol. The van der Waals surface area contributed by atoms with E-state index in [1.165, 1.54) is 0 Å². The third kappa shape index (κ3) is 2.94. The largest absolute Gasteiger partial charge is 0.357 e. The molecular weight excluding hydrogens is 300 g/mol. The summed E-state index contributed by atoms with van der Waals surface area (Å²) in [6.45, 7) is 4.15. The van der Waals surface area contributed by atoms with E-state index in [9.17, 15) is 4.79 Å². The molecule has 1 amide bonds. The highest BCUT2D eigenvalue weighted by molar-refractivity contribution is 5.93. The first-order chi connectivity index (χ1) is 11.5. The molecule has 0 saturated carbocycles. The third-order valence-electron chi connectivity index (χ3n) is 4.56. The number of aromatic amines is 1. The molecule has 24 heavy (non-hydrogen) atoms.